The summed E-state index contributed by atoms with van der Waals surface area (Å²) in [6.07, 6.45) is 0.358. The summed E-state index contributed by atoms with van der Waals surface area (Å²) >= 11 is 0. The second-order valence-corrected chi connectivity index (χ2v) is 4.02. The molecule has 0 bridgehead atoms. The molecule has 1 aromatic carbocycles. The van der Waals surface area contributed by atoms with Crippen molar-refractivity contribution >= 4 is 0 Å². The van der Waals surface area contributed by atoms with Gasteiger partial charge in [-0.15, -0.1) is 0 Å². The van der Waals surface area contributed by atoms with Gasteiger partial charge in [0.2, 0.25) is 0 Å². The van der Waals surface area contributed by atoms with Gasteiger partial charge in [-0.05, 0) is 30.0 Å². The minimum Gasteiger partial charge on any atom is -0.393 e. The summed E-state index contributed by atoms with van der Waals surface area (Å²) in [7, 11) is 0. The lowest BCUT2D eigenvalue weighted by Crippen LogP contribution is -2.12. The Labute approximate surface area is 89.8 Å². The number of aliphatic hydroxyl groups is 2. The van der Waals surface area contributed by atoms with Gasteiger partial charge in [0.15, 0.2) is 0 Å². The lowest BCUT2D eigenvalue weighted by atomic mass is 9.91. The van der Waals surface area contributed by atoms with Gasteiger partial charge in [-0.2, -0.15) is 0 Å². The van der Waals surface area contributed by atoms with Crippen molar-refractivity contribution in [1.82, 2.24) is 5.32 Å². The second kappa shape index (κ2) is 4.75. The largest absolute Gasteiger partial charge is 0.393 e. The second-order valence-electron chi connectivity index (χ2n) is 4.02. The first-order valence-corrected chi connectivity index (χ1v) is 5.41. The van der Waals surface area contributed by atoms with Crippen LogP contribution in [0.25, 0.3) is 0 Å². The average Bonchev–Trinajstić information content (AvgIpc) is 2.81. The van der Waals surface area contributed by atoms with E-state index in [-0.39, 0.29) is 6.61 Å². The van der Waals surface area contributed by atoms with Crippen molar-refractivity contribution in [2.24, 2.45) is 0 Å². The highest BCUT2D eigenvalue weighted by Crippen LogP contribution is 2.28. The van der Waals surface area contributed by atoms with E-state index in [0.717, 1.165) is 25.1 Å². The zero-order valence-corrected chi connectivity index (χ0v) is 8.69. The number of aliphatic hydroxyl groups excluding tert-OH is 2. The Bertz CT molecular complexity index is 321. The van der Waals surface area contributed by atoms with Gasteiger partial charge in [0.25, 0.3) is 0 Å². The predicted molar refractivity (Wildman–Crippen MR) is 58.7 cm³/mol. The van der Waals surface area contributed by atoms with Crippen molar-refractivity contribution in [2.45, 2.75) is 18.4 Å². The van der Waals surface area contributed by atoms with Gasteiger partial charge in [-0.1, -0.05) is 24.3 Å². The Balaban J connectivity index is 2.28. The molecule has 0 aliphatic carbocycles. The molecule has 2 unspecified atom stereocenters. The van der Waals surface area contributed by atoms with E-state index in [4.69, 9.17) is 5.11 Å². The summed E-state index contributed by atoms with van der Waals surface area (Å²) in [6, 6.07) is 7.84. The maximum absolute atomic E-state index is 9.70. The monoisotopic (exact) mass is 207 g/mol. The topological polar surface area (TPSA) is 52.5 Å². The minimum atomic E-state index is -0.748. The standard InChI is InChI=1S/C12H17NO2/c14-8-12(15)11-4-2-1-3-10(11)9-5-6-13-7-9/h1-4,9,12-15H,5-8H2. The third kappa shape index (κ3) is 2.20. The van der Waals surface area contributed by atoms with Gasteiger partial charge in [-0.3, -0.25) is 0 Å². The fraction of sp³-hybridized carbons (Fsp3) is 0.500. The highest BCUT2D eigenvalue weighted by molar-refractivity contribution is 5.33. The number of nitrogens with one attached hydrogen (secondary N) is 1. The lowest BCUT2D eigenvalue weighted by molar-refractivity contribution is 0.0946. The van der Waals surface area contributed by atoms with Crippen LogP contribution in [0.1, 0.15) is 29.6 Å². The van der Waals surface area contributed by atoms with E-state index >= 15 is 0 Å². The molecule has 1 aromatic rings. The molecule has 2 rings (SSSR count). The van der Waals surface area contributed by atoms with Gasteiger partial charge in [0.05, 0.1) is 6.61 Å². The van der Waals surface area contributed by atoms with Crippen LogP contribution in [0.3, 0.4) is 0 Å². The van der Waals surface area contributed by atoms with Crippen LogP contribution in [0.15, 0.2) is 24.3 Å². The van der Waals surface area contributed by atoms with Crippen molar-refractivity contribution < 1.29 is 10.2 Å². The predicted octanol–water partition coefficient (Wildman–Crippen LogP) is 0.789. The Morgan fingerprint density at radius 3 is 2.87 bits per heavy atom. The molecule has 0 amide bonds. The maximum Gasteiger partial charge on any atom is 0.102 e. The van der Waals surface area contributed by atoms with Gasteiger partial charge < -0.3 is 15.5 Å². The van der Waals surface area contributed by atoms with Gasteiger partial charge in [0, 0.05) is 6.54 Å². The maximum atomic E-state index is 9.70. The molecule has 3 N–H and O–H groups in total. The Kier molecular flexibility index (Phi) is 3.36. The average molecular weight is 207 g/mol. The summed E-state index contributed by atoms with van der Waals surface area (Å²) in [5, 5.41) is 22.0. The molecule has 1 saturated heterocycles. The summed E-state index contributed by atoms with van der Waals surface area (Å²) < 4.78 is 0. The Morgan fingerprint density at radius 1 is 1.40 bits per heavy atom. The van der Waals surface area contributed by atoms with Crippen LogP contribution in [-0.2, 0) is 0 Å². The van der Waals surface area contributed by atoms with Gasteiger partial charge in [-0.25, -0.2) is 0 Å². The molecule has 1 aliphatic rings. The van der Waals surface area contributed by atoms with Crippen LogP contribution in [-0.4, -0.2) is 29.9 Å². The molecule has 3 heteroatoms. The molecule has 1 aliphatic heterocycles. The molecule has 0 aromatic heterocycles. The van der Waals surface area contributed by atoms with E-state index < -0.39 is 6.10 Å². The first-order valence-electron chi connectivity index (χ1n) is 5.41. The van der Waals surface area contributed by atoms with E-state index in [1.165, 1.54) is 5.56 Å². The SMILES string of the molecule is OCC(O)c1ccccc1C1CCNC1. The molecule has 15 heavy (non-hydrogen) atoms. The third-order valence-corrected chi connectivity index (χ3v) is 3.03. The van der Waals surface area contributed by atoms with E-state index in [2.05, 4.69) is 5.32 Å². The molecule has 0 saturated carbocycles. The first kappa shape index (κ1) is 10.6. The summed E-state index contributed by atoms with van der Waals surface area (Å²) in [5.41, 5.74) is 2.04. The summed E-state index contributed by atoms with van der Waals surface area (Å²) in [6.45, 7) is 1.79. The van der Waals surface area contributed by atoms with Crippen molar-refractivity contribution in [1.29, 1.82) is 0 Å². The molecule has 0 spiro atoms. The van der Waals surface area contributed by atoms with Crippen molar-refractivity contribution in [2.75, 3.05) is 19.7 Å². The van der Waals surface area contributed by atoms with Crippen molar-refractivity contribution in [3.05, 3.63) is 35.4 Å². The normalized spacial score (nSPS) is 22.9. The van der Waals surface area contributed by atoms with Crippen LogP contribution in [0.4, 0.5) is 0 Å². The van der Waals surface area contributed by atoms with Crippen LogP contribution in [0, 0.1) is 0 Å². The molecule has 82 valence electrons. The summed E-state index contributed by atoms with van der Waals surface area (Å²) in [5.74, 6) is 0.474. The number of hydrogen-bond acceptors (Lipinski definition) is 3. The Morgan fingerprint density at radius 2 is 2.20 bits per heavy atom. The zero-order chi connectivity index (χ0) is 10.7. The van der Waals surface area contributed by atoms with Gasteiger partial charge >= 0.3 is 0 Å². The number of rotatable bonds is 3. The smallest absolute Gasteiger partial charge is 0.102 e. The Hall–Kier alpha value is -0.900. The van der Waals surface area contributed by atoms with Crippen LogP contribution < -0.4 is 5.32 Å². The summed E-state index contributed by atoms with van der Waals surface area (Å²) in [4.78, 5) is 0. The van der Waals surface area contributed by atoms with Gasteiger partial charge in [0.1, 0.15) is 6.10 Å². The van der Waals surface area contributed by atoms with Crippen LogP contribution >= 0.6 is 0 Å². The van der Waals surface area contributed by atoms with E-state index in [1.807, 2.05) is 24.3 Å². The van der Waals surface area contributed by atoms with Crippen molar-refractivity contribution in [3.63, 3.8) is 0 Å². The first-order chi connectivity index (χ1) is 7.33. The fourth-order valence-corrected chi connectivity index (χ4v) is 2.20. The number of hydrogen-bond donors (Lipinski definition) is 3. The lowest BCUT2D eigenvalue weighted by Gasteiger charge is -2.17. The van der Waals surface area contributed by atoms with E-state index in [1.54, 1.807) is 0 Å². The highest BCUT2D eigenvalue weighted by atomic mass is 16.3. The zero-order valence-electron chi connectivity index (χ0n) is 8.69. The van der Waals surface area contributed by atoms with Crippen molar-refractivity contribution in [3.8, 4) is 0 Å². The third-order valence-electron chi connectivity index (χ3n) is 3.03. The fourth-order valence-electron chi connectivity index (χ4n) is 2.20. The minimum absolute atomic E-state index is 0.211. The molecule has 3 nitrogen and oxygen atoms in total. The van der Waals surface area contributed by atoms with E-state index in [9.17, 15) is 5.11 Å². The molecular formula is C12H17NO2. The molecule has 0 radical (unpaired) electrons. The quantitative estimate of drug-likeness (QED) is 0.687. The molecule has 2 atom stereocenters. The van der Waals surface area contributed by atoms with Crippen LogP contribution in [0.5, 0.6) is 0 Å². The molecular weight excluding hydrogens is 190 g/mol. The van der Waals surface area contributed by atoms with E-state index in [0.29, 0.717) is 5.92 Å². The van der Waals surface area contributed by atoms with Crippen LogP contribution in [0.2, 0.25) is 0 Å². The highest BCUT2D eigenvalue weighted by Gasteiger charge is 2.21. The molecule has 1 heterocycles. The molecule has 1 fully saturated rings. The number of benzene rings is 1.